The molecule has 0 amide bonds. The van der Waals surface area contributed by atoms with Gasteiger partial charge in [0.15, 0.2) is 0 Å². The fraction of sp³-hybridized carbons (Fsp3) is 1.00. The smallest absolute Gasteiger partial charge is 0.101 e. The lowest BCUT2D eigenvalue weighted by molar-refractivity contribution is -0.0915. The Morgan fingerprint density at radius 1 is 1.00 bits per heavy atom. The van der Waals surface area contributed by atoms with Gasteiger partial charge in [0.1, 0.15) is 6.10 Å². The number of nitrogens with one attached hydrogen (secondary N) is 2. The van der Waals surface area contributed by atoms with Gasteiger partial charge in [-0.1, -0.05) is 0 Å². The Labute approximate surface area is 75.7 Å². The maximum atomic E-state index is 9.46. The SMILES string of the molecule is NN[C@H]1[C@H](O)[C@H](O)[C@@H](NN)C[C@@H]1O. The number of rotatable bonds is 2. The van der Waals surface area contributed by atoms with E-state index in [9.17, 15) is 15.3 Å². The Hall–Kier alpha value is -0.280. The van der Waals surface area contributed by atoms with Gasteiger partial charge in [0.2, 0.25) is 0 Å². The summed E-state index contributed by atoms with van der Waals surface area (Å²) in [5.41, 5.74) is 4.57. The minimum absolute atomic E-state index is 0.240. The summed E-state index contributed by atoms with van der Waals surface area (Å²) in [7, 11) is 0. The zero-order chi connectivity index (χ0) is 10.0. The van der Waals surface area contributed by atoms with Crippen molar-refractivity contribution in [2.75, 3.05) is 0 Å². The Bertz CT molecular complexity index is 170. The lowest BCUT2D eigenvalue weighted by Gasteiger charge is -2.39. The lowest BCUT2D eigenvalue weighted by atomic mass is 9.84. The van der Waals surface area contributed by atoms with Crippen LogP contribution in [0.2, 0.25) is 0 Å². The van der Waals surface area contributed by atoms with Crippen LogP contribution in [0, 0.1) is 0 Å². The van der Waals surface area contributed by atoms with Gasteiger partial charge < -0.3 is 15.3 Å². The molecular weight excluding hydrogens is 176 g/mol. The van der Waals surface area contributed by atoms with E-state index in [2.05, 4.69) is 10.9 Å². The number of hydrogen-bond donors (Lipinski definition) is 7. The van der Waals surface area contributed by atoms with Crippen molar-refractivity contribution in [1.29, 1.82) is 0 Å². The molecule has 78 valence electrons. The van der Waals surface area contributed by atoms with Crippen molar-refractivity contribution >= 4 is 0 Å². The van der Waals surface area contributed by atoms with E-state index in [1.54, 1.807) is 0 Å². The van der Waals surface area contributed by atoms with Gasteiger partial charge in [0.25, 0.3) is 0 Å². The number of hydrogen-bond acceptors (Lipinski definition) is 7. The van der Waals surface area contributed by atoms with Crippen molar-refractivity contribution in [3.8, 4) is 0 Å². The van der Waals surface area contributed by atoms with Gasteiger partial charge >= 0.3 is 0 Å². The molecule has 0 aliphatic heterocycles. The summed E-state index contributed by atoms with van der Waals surface area (Å²) in [5, 5.41) is 28.4. The highest BCUT2D eigenvalue weighted by Crippen LogP contribution is 2.19. The van der Waals surface area contributed by atoms with Crippen LogP contribution < -0.4 is 22.5 Å². The van der Waals surface area contributed by atoms with E-state index in [1.165, 1.54) is 0 Å². The van der Waals surface area contributed by atoms with Gasteiger partial charge in [-0.3, -0.25) is 22.5 Å². The Balaban J connectivity index is 2.66. The van der Waals surface area contributed by atoms with E-state index in [4.69, 9.17) is 11.7 Å². The molecular formula is C6H16N4O3. The second-order valence-electron chi connectivity index (χ2n) is 3.25. The maximum absolute atomic E-state index is 9.46. The molecule has 0 aromatic rings. The highest BCUT2D eigenvalue weighted by Gasteiger charge is 2.41. The average Bonchev–Trinajstić information content (AvgIpc) is 2.12. The van der Waals surface area contributed by atoms with E-state index < -0.39 is 30.4 Å². The van der Waals surface area contributed by atoms with Crippen molar-refractivity contribution in [2.45, 2.75) is 36.8 Å². The molecule has 0 saturated heterocycles. The summed E-state index contributed by atoms with van der Waals surface area (Å²) in [6, 6.07) is -1.24. The first-order valence-electron chi connectivity index (χ1n) is 4.08. The zero-order valence-corrected chi connectivity index (χ0v) is 7.09. The summed E-state index contributed by atoms with van der Waals surface area (Å²) in [6.07, 6.45) is -2.75. The van der Waals surface area contributed by atoms with Gasteiger partial charge in [-0.2, -0.15) is 0 Å². The molecule has 0 heterocycles. The van der Waals surface area contributed by atoms with Crippen LogP contribution in [-0.2, 0) is 0 Å². The molecule has 0 radical (unpaired) electrons. The van der Waals surface area contributed by atoms with Crippen molar-refractivity contribution in [2.24, 2.45) is 11.7 Å². The van der Waals surface area contributed by atoms with Crippen LogP contribution in [0.25, 0.3) is 0 Å². The fourth-order valence-electron chi connectivity index (χ4n) is 1.60. The van der Waals surface area contributed by atoms with Crippen LogP contribution in [0.15, 0.2) is 0 Å². The molecule has 13 heavy (non-hydrogen) atoms. The predicted octanol–water partition coefficient (Wildman–Crippen LogP) is -3.86. The van der Waals surface area contributed by atoms with Crippen LogP contribution in [-0.4, -0.2) is 45.7 Å². The molecule has 1 aliphatic carbocycles. The molecule has 9 N–H and O–H groups in total. The quantitative estimate of drug-likeness (QED) is 0.176. The monoisotopic (exact) mass is 192 g/mol. The first-order chi connectivity index (χ1) is 6.11. The predicted molar refractivity (Wildman–Crippen MR) is 44.9 cm³/mol. The molecule has 7 heteroatoms. The van der Waals surface area contributed by atoms with Gasteiger partial charge in [-0.05, 0) is 6.42 Å². The van der Waals surface area contributed by atoms with Crippen molar-refractivity contribution in [3.05, 3.63) is 0 Å². The van der Waals surface area contributed by atoms with Gasteiger partial charge in [0.05, 0.1) is 24.3 Å². The van der Waals surface area contributed by atoms with Crippen LogP contribution in [0.1, 0.15) is 6.42 Å². The minimum atomic E-state index is -1.13. The molecule has 0 spiro atoms. The van der Waals surface area contributed by atoms with E-state index in [-0.39, 0.29) is 6.42 Å². The Kier molecular flexibility index (Phi) is 3.56. The molecule has 1 saturated carbocycles. The third kappa shape index (κ3) is 1.97. The number of aliphatic hydroxyl groups is 3. The molecule has 0 unspecified atom stereocenters. The molecule has 1 rings (SSSR count). The van der Waals surface area contributed by atoms with Gasteiger partial charge in [-0.15, -0.1) is 0 Å². The molecule has 1 fully saturated rings. The summed E-state index contributed by atoms with van der Waals surface area (Å²) >= 11 is 0. The van der Waals surface area contributed by atoms with Gasteiger partial charge in [-0.25, -0.2) is 0 Å². The third-order valence-corrected chi connectivity index (χ3v) is 2.45. The topological polar surface area (TPSA) is 137 Å². The van der Waals surface area contributed by atoms with E-state index in [0.717, 1.165) is 0 Å². The van der Waals surface area contributed by atoms with Crippen LogP contribution >= 0.6 is 0 Å². The maximum Gasteiger partial charge on any atom is 0.101 e. The Morgan fingerprint density at radius 2 is 1.62 bits per heavy atom. The van der Waals surface area contributed by atoms with Crippen LogP contribution in [0.4, 0.5) is 0 Å². The fourth-order valence-corrected chi connectivity index (χ4v) is 1.60. The summed E-state index contributed by atoms with van der Waals surface area (Å²) in [4.78, 5) is 0. The highest BCUT2D eigenvalue weighted by molar-refractivity contribution is 4.98. The van der Waals surface area contributed by atoms with E-state index in [1.807, 2.05) is 0 Å². The first kappa shape index (κ1) is 10.8. The number of nitrogens with two attached hydrogens (primary N) is 2. The molecule has 0 bridgehead atoms. The molecule has 1 aliphatic rings. The largest absolute Gasteiger partial charge is 0.391 e. The Morgan fingerprint density at radius 3 is 2.08 bits per heavy atom. The standard InChI is InChI=1S/C6H16N4O3/c7-9-2-1-3(11)4(10-8)6(13)5(2)12/h2-6,9-13H,1,7-8H2/t2-,3-,4+,5+,6-/m0/s1. The lowest BCUT2D eigenvalue weighted by Crippen LogP contribution is -2.66. The summed E-state index contributed by atoms with van der Waals surface area (Å²) < 4.78 is 0. The van der Waals surface area contributed by atoms with Crippen molar-refractivity contribution < 1.29 is 15.3 Å². The normalized spacial score (nSPS) is 46.4. The zero-order valence-electron chi connectivity index (χ0n) is 7.09. The van der Waals surface area contributed by atoms with E-state index in [0.29, 0.717) is 0 Å². The molecule has 0 aromatic carbocycles. The first-order valence-corrected chi connectivity index (χ1v) is 4.08. The van der Waals surface area contributed by atoms with Crippen LogP contribution in [0.3, 0.4) is 0 Å². The third-order valence-electron chi connectivity index (χ3n) is 2.45. The summed E-state index contributed by atoms with van der Waals surface area (Å²) in [5.74, 6) is 10.2. The van der Waals surface area contributed by atoms with Crippen LogP contribution in [0.5, 0.6) is 0 Å². The van der Waals surface area contributed by atoms with E-state index >= 15 is 0 Å². The highest BCUT2D eigenvalue weighted by atomic mass is 16.3. The van der Waals surface area contributed by atoms with Gasteiger partial charge in [0, 0.05) is 0 Å². The second kappa shape index (κ2) is 4.29. The second-order valence-corrected chi connectivity index (χ2v) is 3.25. The molecule has 7 nitrogen and oxygen atoms in total. The summed E-state index contributed by atoms with van der Waals surface area (Å²) in [6.45, 7) is 0. The minimum Gasteiger partial charge on any atom is -0.391 e. The molecule has 0 aromatic heterocycles. The number of hydrazine groups is 2. The van der Waals surface area contributed by atoms with Crippen molar-refractivity contribution in [3.63, 3.8) is 0 Å². The number of aliphatic hydroxyl groups excluding tert-OH is 3. The average molecular weight is 192 g/mol. The molecule has 5 atom stereocenters. The van der Waals surface area contributed by atoms with Crippen molar-refractivity contribution in [1.82, 2.24) is 10.9 Å².